The van der Waals surface area contributed by atoms with Gasteiger partial charge in [0.05, 0.1) is 44.9 Å². The third kappa shape index (κ3) is 16.5. The highest BCUT2D eigenvalue weighted by atomic mass is 35.5. The first-order chi connectivity index (χ1) is 44.5. The molecule has 0 spiro atoms. The Bertz CT molecular complexity index is 5030. The number of hydrogen-bond acceptors (Lipinski definition) is 15. The molecule has 0 amide bonds. The molecule has 27 heteroatoms. The van der Waals surface area contributed by atoms with Crippen molar-refractivity contribution in [2.45, 2.75) is 72.4 Å². The average Bonchev–Trinajstić information content (AvgIpc) is 1.72. The number of ether oxygens (including phenoxy) is 1. The Morgan fingerprint density at radius 2 is 0.742 bits per heavy atom. The fourth-order valence-corrected chi connectivity index (χ4v) is 11.5. The van der Waals surface area contributed by atoms with Crippen LogP contribution in [0.2, 0.25) is 10.3 Å². The van der Waals surface area contributed by atoms with Crippen molar-refractivity contribution in [2.75, 3.05) is 7.11 Å². The summed E-state index contributed by atoms with van der Waals surface area (Å²) in [6.07, 6.45) is 3.12. The van der Waals surface area contributed by atoms with Crippen molar-refractivity contribution < 1.29 is 9.53 Å². The Morgan fingerprint density at radius 3 is 1.11 bits per heavy atom. The van der Waals surface area contributed by atoms with E-state index in [-0.39, 0.29) is 74.8 Å². The van der Waals surface area contributed by atoms with Gasteiger partial charge in [-0.2, -0.15) is 0 Å². The number of aryl methyl sites for hydroxylation is 2. The molecule has 7 heterocycles. The predicted molar refractivity (Wildman–Crippen MR) is 366 cm³/mol. The number of benzene rings is 5. The number of thiazole rings is 2. The number of halogens is 2. The smallest absolute Gasteiger partial charge is 0.349 e. The molecule has 0 aliphatic rings. The molecule has 7 aromatic heterocycles. The number of hydrogen-bond donors (Lipinski definition) is 4. The number of methoxy groups -OCH3 is 1. The zero-order valence-electron chi connectivity index (χ0n) is 50.8. The molecule has 3 N–H and O–H groups in total. The zero-order chi connectivity index (χ0) is 67.2. The van der Waals surface area contributed by atoms with Gasteiger partial charge in [-0.25, -0.2) is 28.8 Å². The molecule has 0 atom stereocenters. The molecule has 478 valence electrons. The molecule has 0 aliphatic carbocycles. The van der Waals surface area contributed by atoms with Gasteiger partial charge < -0.3 is 9.72 Å². The molecule has 12 rings (SSSR count). The number of aromatic amines is 3. The highest BCUT2D eigenvalue weighted by Crippen LogP contribution is 2.19. The largest absolute Gasteiger partial charge is 0.465 e. The van der Waals surface area contributed by atoms with Crippen molar-refractivity contribution in [3.63, 3.8) is 0 Å². The Labute approximate surface area is 550 Å². The fourth-order valence-electron chi connectivity index (χ4n) is 9.16. The van der Waals surface area contributed by atoms with Crippen LogP contribution in [0, 0.1) is 34.6 Å². The van der Waals surface area contributed by atoms with Crippen LogP contribution < -0.4 is 56.2 Å². The number of carbonyl (C=O) groups excluding carboxylic acids is 1. The molecule has 0 aliphatic heterocycles. The molecule has 0 unspecified atom stereocenters. The summed E-state index contributed by atoms with van der Waals surface area (Å²) in [6, 6.07) is 46.8. The van der Waals surface area contributed by atoms with Gasteiger partial charge in [-0.15, -0.1) is 35.3 Å². The van der Waals surface area contributed by atoms with Crippen molar-refractivity contribution in [3.05, 3.63) is 344 Å². The van der Waals surface area contributed by atoms with Gasteiger partial charge >= 0.3 is 34.4 Å². The van der Waals surface area contributed by atoms with Crippen LogP contribution in [0.1, 0.15) is 65.3 Å². The van der Waals surface area contributed by atoms with Crippen LogP contribution in [-0.4, -0.2) is 59.7 Å². The van der Waals surface area contributed by atoms with Gasteiger partial charge in [0.15, 0.2) is 0 Å². The van der Waals surface area contributed by atoms with E-state index in [1.54, 1.807) is 40.8 Å². The lowest BCUT2D eigenvalue weighted by atomic mass is 10.2. The quantitative estimate of drug-likeness (QED) is 0.0548. The lowest BCUT2D eigenvalue weighted by Gasteiger charge is -2.07. The standard InChI is InChI=1S/C16H14N2O4S.C14H12N2O2S.2C12H11ClN2O2.C12H12N2O2S/c1-10-13(19)17(8-11-6-4-3-5-7-11)16(21)18-9-12(15(20)22-2)23-14(10)18;1-10-12(17)16(9-11-5-3-2-4-6-11)14(18)15-7-8-19-13(10)15;2*1-8-10(13)14-12(17)15(11(8)16)7-9-5-3-2-4-6-9;1-8-10(17)13-12(16)14(11(8)15)7-9-5-3-2-4-6-9/h3-7,9H,8H2,1-2H3;2-8H,9H2,1H3;2*2-6H,7H2,1H3,(H,14,17);2-6,17H,7H2,1H3,(H,13,16). The minimum Gasteiger partial charge on any atom is -0.465 e. The van der Waals surface area contributed by atoms with E-state index < -0.39 is 28.7 Å². The van der Waals surface area contributed by atoms with Crippen LogP contribution in [0.4, 0.5) is 0 Å². The highest BCUT2D eigenvalue weighted by molar-refractivity contribution is 7.80. The number of fused-ring (bicyclic) bond motifs is 2. The molecule has 0 bridgehead atoms. The molecular formula is C66H60Cl2N10O12S3. The van der Waals surface area contributed by atoms with E-state index >= 15 is 0 Å². The van der Waals surface area contributed by atoms with Crippen LogP contribution in [0.3, 0.4) is 0 Å². The second kappa shape index (κ2) is 31.2. The number of thiol groups is 1. The highest BCUT2D eigenvalue weighted by Gasteiger charge is 2.19. The van der Waals surface area contributed by atoms with Crippen molar-refractivity contribution in [3.8, 4) is 0 Å². The summed E-state index contributed by atoms with van der Waals surface area (Å²) in [4.78, 5) is 141. The molecule has 0 fully saturated rings. The lowest BCUT2D eigenvalue weighted by Crippen LogP contribution is -2.38. The van der Waals surface area contributed by atoms with Gasteiger partial charge in [0.1, 0.15) is 24.8 Å². The zero-order valence-corrected chi connectivity index (χ0v) is 54.8. The minimum absolute atomic E-state index is 0.101. The van der Waals surface area contributed by atoms with E-state index in [4.69, 9.17) is 23.2 Å². The van der Waals surface area contributed by atoms with Crippen LogP contribution in [-0.2, 0) is 37.5 Å². The summed E-state index contributed by atoms with van der Waals surface area (Å²) in [6.45, 7) is 9.46. The third-order valence-electron chi connectivity index (χ3n) is 14.3. The maximum absolute atomic E-state index is 12.6. The first-order valence-electron chi connectivity index (χ1n) is 28.2. The van der Waals surface area contributed by atoms with Gasteiger partial charge in [0, 0.05) is 45.6 Å². The van der Waals surface area contributed by atoms with E-state index in [0.717, 1.165) is 53.1 Å². The number of nitrogens with one attached hydrogen (secondary N) is 3. The van der Waals surface area contributed by atoms with Gasteiger partial charge in [0.25, 0.3) is 27.8 Å². The van der Waals surface area contributed by atoms with Crippen LogP contribution >= 0.6 is 58.5 Å². The van der Waals surface area contributed by atoms with E-state index in [1.165, 1.54) is 47.1 Å². The van der Waals surface area contributed by atoms with E-state index in [0.29, 0.717) is 44.2 Å². The Hall–Kier alpha value is -10.2. The summed E-state index contributed by atoms with van der Waals surface area (Å²) >= 11 is 18.0. The monoisotopic (exact) mass is 1350 g/mol. The fraction of sp³-hybridized carbons (Fsp3) is 0.167. The normalized spacial score (nSPS) is 10.7. The molecule has 5 aromatic carbocycles. The van der Waals surface area contributed by atoms with E-state index in [9.17, 15) is 52.7 Å². The Balaban J connectivity index is 0.000000150. The summed E-state index contributed by atoms with van der Waals surface area (Å²) in [5.41, 5.74) is 2.93. The molecule has 0 radical (unpaired) electrons. The predicted octanol–water partition coefficient (Wildman–Crippen LogP) is 7.82. The first-order valence-corrected chi connectivity index (χ1v) is 31.1. The molecule has 93 heavy (non-hydrogen) atoms. The molecule has 22 nitrogen and oxygen atoms in total. The first kappa shape index (κ1) is 68.7. The lowest BCUT2D eigenvalue weighted by molar-refractivity contribution is 0.0605. The summed E-state index contributed by atoms with van der Waals surface area (Å²) < 4.78 is 13.4. The number of H-pyrrole nitrogens is 3. The molecule has 0 saturated carbocycles. The number of aromatic nitrogens is 10. The minimum atomic E-state index is -0.528. The Morgan fingerprint density at radius 1 is 0.430 bits per heavy atom. The van der Waals surface area contributed by atoms with Crippen LogP contribution in [0.5, 0.6) is 0 Å². The van der Waals surface area contributed by atoms with Crippen molar-refractivity contribution >= 4 is 74.1 Å². The average molecular weight is 1350 g/mol. The van der Waals surface area contributed by atoms with Gasteiger partial charge in [-0.05, 0) is 62.4 Å². The molecule has 0 saturated heterocycles. The molecule has 12 aromatic rings. The second-order valence-corrected chi connectivity index (χ2v) is 23.8. The van der Waals surface area contributed by atoms with E-state index in [1.807, 2.05) is 157 Å². The van der Waals surface area contributed by atoms with Crippen LogP contribution in [0.25, 0.3) is 9.66 Å². The van der Waals surface area contributed by atoms with Crippen molar-refractivity contribution in [2.24, 2.45) is 0 Å². The number of carbonyl (C=O) groups is 1. The van der Waals surface area contributed by atoms with Crippen LogP contribution in [0.15, 0.2) is 222 Å². The number of nitrogens with zero attached hydrogens (tertiary/aromatic N) is 7. The van der Waals surface area contributed by atoms with Crippen molar-refractivity contribution in [1.82, 2.24) is 46.6 Å². The summed E-state index contributed by atoms with van der Waals surface area (Å²) in [7, 11) is 1.27. The number of rotatable bonds is 11. The van der Waals surface area contributed by atoms with E-state index in [2.05, 4.69) is 32.3 Å². The molecular weight excluding hydrogens is 1290 g/mol. The second-order valence-electron chi connectivity index (χ2n) is 20.7. The van der Waals surface area contributed by atoms with Gasteiger partial charge in [-0.1, -0.05) is 175 Å². The Kier molecular flexibility index (Phi) is 23.1. The van der Waals surface area contributed by atoms with Gasteiger partial charge in [-0.3, -0.25) is 65.6 Å². The van der Waals surface area contributed by atoms with Gasteiger partial charge in [0.2, 0.25) is 0 Å². The van der Waals surface area contributed by atoms with Crippen molar-refractivity contribution in [1.29, 1.82) is 0 Å². The maximum atomic E-state index is 12.6. The summed E-state index contributed by atoms with van der Waals surface area (Å²) in [5, 5.41) is 2.34. The topological polar surface area (TPSA) is 278 Å². The third-order valence-corrected chi connectivity index (χ3v) is 17.7. The number of esters is 1. The maximum Gasteiger partial charge on any atom is 0.349 e. The SMILES string of the molecule is COC(=O)c1cn2c(=O)n(Cc3ccccc3)c(=O)c(C)c2s1.Cc1c(=O)n(Cc2ccccc2)c(=O)n2ccsc12.Cc1c(Cl)[nH]c(=O)n(Cc2ccccc2)c1=O.Cc1c(Cl)[nH]c(=O)n(Cc2ccccc2)c1=O.Cc1c(S)[nH]c(=O)n(Cc2ccccc2)c1=O. The summed E-state index contributed by atoms with van der Waals surface area (Å²) in [5.74, 6) is -0.528.